The second-order valence-electron chi connectivity index (χ2n) is 7.50. The van der Waals surface area contributed by atoms with Crippen molar-refractivity contribution in [3.8, 4) is 5.75 Å². The van der Waals surface area contributed by atoms with Crippen molar-refractivity contribution in [3.63, 3.8) is 0 Å². The van der Waals surface area contributed by atoms with Gasteiger partial charge in [-0.1, -0.05) is 11.6 Å². The summed E-state index contributed by atoms with van der Waals surface area (Å²) in [6.45, 7) is 1.72. The number of anilines is 6. The van der Waals surface area contributed by atoms with Gasteiger partial charge in [-0.05, 0) is 38.4 Å². The van der Waals surface area contributed by atoms with Crippen molar-refractivity contribution in [2.75, 3.05) is 62.6 Å². The van der Waals surface area contributed by atoms with Crippen LogP contribution in [0.3, 0.4) is 0 Å². The third-order valence-corrected chi connectivity index (χ3v) is 5.05. The van der Waals surface area contributed by atoms with E-state index >= 15 is 0 Å². The van der Waals surface area contributed by atoms with Gasteiger partial charge in [-0.3, -0.25) is 0 Å². The number of rotatable bonds is 9. The molecule has 1 aromatic heterocycles. The summed E-state index contributed by atoms with van der Waals surface area (Å²) in [5, 5.41) is 6.32. The molecule has 0 bridgehead atoms. The first-order valence-corrected chi connectivity index (χ1v) is 10.3. The van der Waals surface area contributed by atoms with Gasteiger partial charge in [-0.25, -0.2) is 14.4 Å². The lowest BCUT2D eigenvalue weighted by atomic mass is 10.2. The van der Waals surface area contributed by atoms with Gasteiger partial charge in [0, 0.05) is 38.0 Å². The summed E-state index contributed by atoms with van der Waals surface area (Å²) in [6.07, 6.45) is 1.41. The molecule has 4 N–H and O–H groups in total. The van der Waals surface area contributed by atoms with Crippen molar-refractivity contribution < 1.29 is 9.13 Å². The molecule has 1 heterocycles. The first-order valence-electron chi connectivity index (χ1n) is 9.91. The highest BCUT2D eigenvalue weighted by atomic mass is 35.5. The Morgan fingerprint density at radius 1 is 1.03 bits per heavy atom. The number of methoxy groups -OCH3 is 1. The highest BCUT2D eigenvalue weighted by Gasteiger charge is 2.13. The maximum atomic E-state index is 13.4. The molecule has 0 aliphatic heterocycles. The average molecular weight is 460 g/mol. The van der Waals surface area contributed by atoms with Crippen LogP contribution in [-0.2, 0) is 0 Å². The zero-order chi connectivity index (χ0) is 23.3. The smallest absolute Gasteiger partial charge is 0.144 e. The molecule has 3 rings (SSSR count). The van der Waals surface area contributed by atoms with E-state index in [1.165, 1.54) is 18.5 Å². The standard InChI is InChI=1S/C22H27ClFN7O/c1-30(2)7-8-31(3)19-11-20(32-4)18(10-17(19)25)29-22-12-21(26-13-27-22)28-14-5-6-16(24)15(23)9-14/h5-6,9-13H,7-8,25H2,1-4H3,(H2,26,27,28,29). The molecule has 0 amide bonds. The van der Waals surface area contributed by atoms with Crippen LogP contribution in [0.15, 0.2) is 42.7 Å². The van der Waals surface area contributed by atoms with E-state index in [1.807, 2.05) is 33.3 Å². The van der Waals surface area contributed by atoms with Gasteiger partial charge < -0.3 is 30.9 Å². The second kappa shape index (κ2) is 10.3. The van der Waals surface area contributed by atoms with E-state index in [-0.39, 0.29) is 5.02 Å². The van der Waals surface area contributed by atoms with Gasteiger partial charge in [0.15, 0.2) is 0 Å². The Labute approximate surface area is 192 Å². The quantitative estimate of drug-likeness (QED) is 0.407. The number of nitrogen functional groups attached to an aromatic ring is 1. The van der Waals surface area contributed by atoms with Crippen molar-refractivity contribution >= 4 is 46.0 Å². The number of hydrogen-bond donors (Lipinski definition) is 3. The van der Waals surface area contributed by atoms with Crippen molar-refractivity contribution in [2.24, 2.45) is 0 Å². The molecule has 0 aliphatic rings. The summed E-state index contributed by atoms with van der Waals surface area (Å²) in [5.74, 6) is 1.19. The van der Waals surface area contributed by atoms with Crippen molar-refractivity contribution in [2.45, 2.75) is 0 Å². The van der Waals surface area contributed by atoms with Gasteiger partial charge in [-0.15, -0.1) is 0 Å². The topological polar surface area (TPSA) is 91.6 Å². The van der Waals surface area contributed by atoms with Crippen LogP contribution in [0.2, 0.25) is 5.02 Å². The maximum Gasteiger partial charge on any atom is 0.144 e. The summed E-state index contributed by atoms with van der Waals surface area (Å²) in [6, 6.07) is 9.77. The summed E-state index contributed by atoms with van der Waals surface area (Å²) in [4.78, 5) is 12.7. The van der Waals surface area contributed by atoms with E-state index in [9.17, 15) is 4.39 Å². The van der Waals surface area contributed by atoms with Crippen LogP contribution in [0.25, 0.3) is 0 Å². The highest BCUT2D eigenvalue weighted by molar-refractivity contribution is 6.31. The normalized spacial score (nSPS) is 10.8. The molecule has 0 saturated heterocycles. The van der Waals surface area contributed by atoms with Crippen molar-refractivity contribution in [3.05, 3.63) is 53.6 Å². The summed E-state index contributed by atoms with van der Waals surface area (Å²) in [7, 11) is 7.65. The summed E-state index contributed by atoms with van der Waals surface area (Å²) < 4.78 is 19.0. The van der Waals surface area contributed by atoms with E-state index in [0.29, 0.717) is 34.4 Å². The molecular formula is C22H27ClFN7O. The average Bonchev–Trinajstić information content (AvgIpc) is 2.75. The first-order chi connectivity index (χ1) is 15.3. The molecule has 32 heavy (non-hydrogen) atoms. The third kappa shape index (κ3) is 5.89. The molecule has 0 fully saturated rings. The SMILES string of the molecule is COc1cc(N(C)CCN(C)C)c(N)cc1Nc1cc(Nc2ccc(F)c(Cl)c2)ncn1. The van der Waals surface area contributed by atoms with Gasteiger partial charge in [0.05, 0.1) is 29.2 Å². The number of benzene rings is 2. The lowest BCUT2D eigenvalue weighted by molar-refractivity contribution is 0.413. The Balaban J connectivity index is 1.79. The van der Waals surface area contributed by atoms with Crippen LogP contribution in [0.5, 0.6) is 5.75 Å². The Morgan fingerprint density at radius 3 is 2.41 bits per heavy atom. The predicted molar refractivity (Wildman–Crippen MR) is 129 cm³/mol. The van der Waals surface area contributed by atoms with E-state index in [4.69, 9.17) is 22.1 Å². The first kappa shape index (κ1) is 23.4. The lowest BCUT2D eigenvalue weighted by Crippen LogP contribution is -2.29. The molecule has 10 heteroatoms. The van der Waals surface area contributed by atoms with Crippen LogP contribution in [0.1, 0.15) is 0 Å². The Bertz CT molecular complexity index is 1080. The minimum atomic E-state index is -0.484. The van der Waals surface area contributed by atoms with Gasteiger partial charge in [-0.2, -0.15) is 0 Å². The fraction of sp³-hybridized carbons (Fsp3) is 0.273. The zero-order valence-corrected chi connectivity index (χ0v) is 19.2. The minimum absolute atomic E-state index is 0.0262. The van der Waals surface area contributed by atoms with E-state index in [1.54, 1.807) is 19.2 Å². The largest absolute Gasteiger partial charge is 0.494 e. The van der Waals surface area contributed by atoms with Gasteiger partial charge >= 0.3 is 0 Å². The fourth-order valence-electron chi connectivity index (χ4n) is 3.01. The molecule has 0 spiro atoms. The number of nitrogens with two attached hydrogens (primary N) is 1. The van der Waals surface area contributed by atoms with E-state index in [2.05, 4.69) is 30.4 Å². The number of aromatic nitrogens is 2. The van der Waals surface area contributed by atoms with Gasteiger partial charge in [0.25, 0.3) is 0 Å². The molecule has 0 aliphatic carbocycles. The molecule has 2 aromatic carbocycles. The summed E-state index contributed by atoms with van der Waals surface area (Å²) in [5.41, 5.74) is 9.10. The molecule has 0 atom stereocenters. The number of likely N-dealkylation sites (N-methyl/N-ethyl adjacent to an activating group) is 2. The van der Waals surface area contributed by atoms with E-state index < -0.39 is 5.82 Å². The fourth-order valence-corrected chi connectivity index (χ4v) is 3.19. The Morgan fingerprint density at radius 2 is 1.75 bits per heavy atom. The van der Waals surface area contributed by atoms with Crippen molar-refractivity contribution in [1.82, 2.24) is 14.9 Å². The molecule has 0 radical (unpaired) electrons. The summed E-state index contributed by atoms with van der Waals surface area (Å²) >= 11 is 5.85. The molecule has 0 saturated carbocycles. The monoisotopic (exact) mass is 459 g/mol. The molecule has 8 nitrogen and oxygen atoms in total. The minimum Gasteiger partial charge on any atom is -0.494 e. The van der Waals surface area contributed by atoms with Crippen LogP contribution in [0, 0.1) is 5.82 Å². The number of nitrogens with one attached hydrogen (secondary N) is 2. The lowest BCUT2D eigenvalue weighted by Gasteiger charge is -2.24. The van der Waals surface area contributed by atoms with Gasteiger partial charge in [0.1, 0.15) is 29.5 Å². The molecule has 3 aromatic rings. The van der Waals surface area contributed by atoms with Gasteiger partial charge in [0.2, 0.25) is 0 Å². The van der Waals surface area contributed by atoms with Crippen LogP contribution in [0.4, 0.5) is 38.8 Å². The zero-order valence-electron chi connectivity index (χ0n) is 18.5. The Hall–Kier alpha value is -3.30. The van der Waals surface area contributed by atoms with Crippen LogP contribution in [-0.4, -0.2) is 56.2 Å². The maximum absolute atomic E-state index is 13.4. The number of ether oxygens (including phenoxy) is 1. The third-order valence-electron chi connectivity index (χ3n) is 4.76. The number of nitrogens with zero attached hydrogens (tertiary/aromatic N) is 4. The second-order valence-corrected chi connectivity index (χ2v) is 7.91. The van der Waals surface area contributed by atoms with Crippen LogP contribution >= 0.6 is 11.6 Å². The Kier molecular flexibility index (Phi) is 7.55. The van der Waals surface area contributed by atoms with Crippen molar-refractivity contribution in [1.29, 1.82) is 0 Å². The molecule has 0 unspecified atom stereocenters. The number of halogens is 2. The molecule has 170 valence electrons. The number of hydrogen-bond acceptors (Lipinski definition) is 8. The highest BCUT2D eigenvalue weighted by Crippen LogP contribution is 2.36. The molecular weight excluding hydrogens is 433 g/mol. The predicted octanol–water partition coefficient (Wildman–Crippen LogP) is 4.34. The van der Waals surface area contributed by atoms with E-state index in [0.717, 1.165) is 18.8 Å². The van der Waals surface area contributed by atoms with Crippen LogP contribution < -0.4 is 26.0 Å².